The van der Waals surface area contributed by atoms with Crippen molar-refractivity contribution in [3.63, 3.8) is 0 Å². The summed E-state index contributed by atoms with van der Waals surface area (Å²) in [4.78, 5) is 16.2. The van der Waals surface area contributed by atoms with Crippen LogP contribution in [0.5, 0.6) is 0 Å². The average Bonchev–Trinajstić information content (AvgIpc) is 3.53. The Morgan fingerprint density at radius 3 is 2.54 bits per heavy atom. The molecule has 3 heterocycles. The van der Waals surface area contributed by atoms with E-state index in [-0.39, 0.29) is 0 Å². The van der Waals surface area contributed by atoms with Gasteiger partial charge < -0.3 is 14.7 Å². The largest absolute Gasteiger partial charge is 0.381 e. The molecule has 1 saturated heterocycles. The molecule has 6 nitrogen and oxygen atoms in total. The zero-order valence-electron chi connectivity index (χ0n) is 22.6. The van der Waals surface area contributed by atoms with E-state index in [2.05, 4.69) is 42.1 Å². The lowest BCUT2D eigenvalue weighted by Gasteiger charge is -2.29. The van der Waals surface area contributed by atoms with Gasteiger partial charge in [0.25, 0.3) is 0 Å². The Kier molecular flexibility index (Phi) is 8.38. The third kappa shape index (κ3) is 5.75. The predicted molar refractivity (Wildman–Crippen MR) is 158 cm³/mol. The summed E-state index contributed by atoms with van der Waals surface area (Å²) in [7, 11) is -1.74. The number of halogens is 1. The van der Waals surface area contributed by atoms with Gasteiger partial charge in [-0.3, -0.25) is 0 Å². The lowest BCUT2D eigenvalue weighted by Crippen LogP contribution is -2.36. The molecule has 9 heteroatoms. The topological polar surface area (TPSA) is 71.4 Å². The Bertz CT molecular complexity index is 1500. The minimum absolute atomic E-state index is 0.308. The van der Waals surface area contributed by atoms with E-state index in [1.807, 2.05) is 23.6 Å². The summed E-state index contributed by atoms with van der Waals surface area (Å²) in [5.74, 6) is 3.28. The number of hydrogen-bond donors (Lipinski definition) is 1. The van der Waals surface area contributed by atoms with Crippen LogP contribution >= 0.6 is 11.3 Å². The van der Waals surface area contributed by atoms with Gasteiger partial charge in [0, 0.05) is 41.3 Å². The van der Waals surface area contributed by atoms with Crippen LogP contribution in [0.1, 0.15) is 43.3 Å². The third-order valence-corrected chi connectivity index (χ3v) is 13.3. The number of ether oxygens (including phenoxy) is 1. The lowest BCUT2D eigenvalue weighted by atomic mass is 10.0. The van der Waals surface area contributed by atoms with Crippen molar-refractivity contribution in [1.82, 2.24) is 15.0 Å². The van der Waals surface area contributed by atoms with Crippen molar-refractivity contribution < 1.29 is 14.2 Å². The van der Waals surface area contributed by atoms with Crippen LogP contribution in [-0.4, -0.2) is 54.4 Å². The van der Waals surface area contributed by atoms with Crippen LogP contribution in [0, 0.1) is 17.3 Å². The van der Waals surface area contributed by atoms with E-state index in [1.165, 1.54) is 17.4 Å². The highest BCUT2D eigenvalue weighted by Gasteiger charge is 2.25. The molecule has 5 rings (SSSR count). The fourth-order valence-corrected chi connectivity index (χ4v) is 8.06. The number of anilines is 1. The number of aliphatic hydroxyl groups excluding tert-OH is 1. The molecular formula is C30H33FN4O2SSi. The smallest absolute Gasteiger partial charge is 0.205 e. The monoisotopic (exact) mass is 560 g/mol. The molecule has 0 aliphatic carbocycles. The van der Waals surface area contributed by atoms with E-state index in [4.69, 9.17) is 14.7 Å². The van der Waals surface area contributed by atoms with Gasteiger partial charge in [-0.1, -0.05) is 26.8 Å². The minimum atomic E-state index is -1.74. The van der Waals surface area contributed by atoms with Crippen molar-refractivity contribution in [2.45, 2.75) is 45.0 Å². The Morgan fingerprint density at radius 1 is 1.08 bits per heavy atom. The van der Waals surface area contributed by atoms with Crippen molar-refractivity contribution in [2.24, 2.45) is 0 Å². The van der Waals surface area contributed by atoms with Crippen LogP contribution in [0.4, 0.5) is 10.1 Å². The first kappa shape index (κ1) is 27.4. The molecule has 0 amide bonds. The van der Waals surface area contributed by atoms with Gasteiger partial charge in [-0.15, -0.1) is 16.9 Å². The fraction of sp³-hybridized carbons (Fsp3) is 0.367. The number of fused-ring (bicyclic) bond motifs is 1. The van der Waals surface area contributed by atoms with Gasteiger partial charge in [0.2, 0.25) is 5.82 Å². The third-order valence-electron chi connectivity index (χ3n) is 7.77. The summed E-state index contributed by atoms with van der Waals surface area (Å²) in [6.45, 7) is 9.61. The van der Waals surface area contributed by atoms with Crippen molar-refractivity contribution in [3.8, 4) is 22.7 Å². The summed E-state index contributed by atoms with van der Waals surface area (Å²) < 4.78 is 20.9. The zero-order valence-corrected chi connectivity index (χ0v) is 24.4. The first-order chi connectivity index (χ1) is 19.0. The maximum atomic E-state index is 15.4. The Morgan fingerprint density at radius 2 is 1.85 bits per heavy atom. The van der Waals surface area contributed by atoms with E-state index in [1.54, 1.807) is 18.3 Å². The van der Waals surface area contributed by atoms with Gasteiger partial charge in [0.1, 0.15) is 25.0 Å². The first-order valence-electron chi connectivity index (χ1n) is 13.5. The van der Waals surface area contributed by atoms with Crippen molar-refractivity contribution in [2.75, 3.05) is 31.2 Å². The predicted octanol–water partition coefficient (Wildman–Crippen LogP) is 6.21. The standard InChI is InChI=1S/C30H33FN4O2SSi/c1-4-39(5-2,6-3)18-11-27-33-26-20-22(35-13-15-37-16-14-35)8-9-23(26)28(34-27)24-19-21(7-10-25(24)31)29(36)30-32-12-17-38-30/h7-10,12,17,19-20,29,36H,4-6,13-16H2,1-3H3. The number of aliphatic hydroxyl groups is 1. The molecule has 0 spiro atoms. The number of thiazole rings is 1. The summed E-state index contributed by atoms with van der Waals surface area (Å²) in [6, 6.07) is 13.9. The van der Waals surface area contributed by atoms with Crippen LogP contribution in [0.2, 0.25) is 18.1 Å². The molecule has 1 aliphatic rings. The van der Waals surface area contributed by atoms with Crippen LogP contribution in [0.15, 0.2) is 48.0 Å². The molecule has 0 saturated carbocycles. The van der Waals surface area contributed by atoms with Gasteiger partial charge in [0.15, 0.2) is 0 Å². The molecule has 2 aromatic heterocycles. The van der Waals surface area contributed by atoms with Gasteiger partial charge in [-0.25, -0.2) is 19.3 Å². The van der Waals surface area contributed by atoms with Gasteiger partial charge in [-0.05, 0) is 59.9 Å². The second-order valence-corrected chi connectivity index (χ2v) is 15.7. The highest BCUT2D eigenvalue weighted by molar-refractivity contribution is 7.09. The summed E-state index contributed by atoms with van der Waals surface area (Å²) in [5, 5.41) is 14.0. The molecule has 4 aromatic rings. The van der Waals surface area contributed by atoms with Crippen molar-refractivity contribution >= 4 is 36.0 Å². The Hall–Kier alpha value is -3.16. The molecule has 1 unspecified atom stereocenters. The van der Waals surface area contributed by atoms with Crippen molar-refractivity contribution in [1.29, 1.82) is 0 Å². The Labute approximate surface area is 233 Å². The molecule has 0 radical (unpaired) electrons. The number of hydrogen-bond acceptors (Lipinski definition) is 7. The number of nitrogens with zero attached hydrogens (tertiary/aromatic N) is 4. The van der Waals surface area contributed by atoms with E-state index < -0.39 is 20.0 Å². The maximum Gasteiger partial charge on any atom is 0.205 e. The lowest BCUT2D eigenvalue weighted by molar-refractivity contribution is 0.122. The molecule has 202 valence electrons. The van der Waals surface area contributed by atoms with Gasteiger partial charge in [0.05, 0.1) is 24.4 Å². The SMILES string of the molecule is CC[Si](C#Cc1nc(-c2cc(C(O)c3nccs3)ccc2F)c2ccc(N3CCOCC3)cc2n1)(CC)CC. The number of benzene rings is 2. The molecule has 1 aliphatic heterocycles. The van der Waals surface area contributed by atoms with Crippen LogP contribution in [0.25, 0.3) is 22.2 Å². The molecule has 0 bridgehead atoms. The highest BCUT2D eigenvalue weighted by atomic mass is 32.1. The average molecular weight is 561 g/mol. The number of aromatic nitrogens is 3. The van der Waals surface area contributed by atoms with E-state index in [0.717, 1.165) is 47.8 Å². The normalized spacial score (nSPS) is 14.7. The number of morpholine rings is 1. The summed E-state index contributed by atoms with van der Waals surface area (Å²) in [5.41, 5.74) is 6.68. The molecule has 1 atom stereocenters. The van der Waals surface area contributed by atoms with Crippen LogP contribution in [0.3, 0.4) is 0 Å². The first-order valence-corrected chi connectivity index (χ1v) is 17.0. The summed E-state index contributed by atoms with van der Waals surface area (Å²) in [6.07, 6.45) is 0.698. The Balaban J connectivity index is 1.67. The number of rotatable bonds is 7. The zero-order chi connectivity index (χ0) is 27.4. The second-order valence-electron chi connectivity index (χ2n) is 9.80. The van der Waals surface area contributed by atoms with E-state index >= 15 is 4.39 Å². The van der Waals surface area contributed by atoms with E-state index in [9.17, 15) is 5.11 Å². The molecule has 1 fully saturated rings. The van der Waals surface area contributed by atoms with Crippen LogP contribution in [-0.2, 0) is 4.74 Å². The minimum Gasteiger partial charge on any atom is -0.381 e. The molecule has 1 N–H and O–H groups in total. The molecule has 2 aromatic carbocycles. The molecular weight excluding hydrogens is 528 g/mol. The van der Waals surface area contributed by atoms with Gasteiger partial charge in [-0.2, -0.15) is 0 Å². The highest BCUT2D eigenvalue weighted by Crippen LogP contribution is 2.34. The van der Waals surface area contributed by atoms with E-state index in [0.29, 0.717) is 40.9 Å². The maximum absolute atomic E-state index is 15.4. The quantitative estimate of drug-likeness (QED) is 0.214. The molecule has 39 heavy (non-hydrogen) atoms. The fourth-order valence-electron chi connectivity index (χ4n) is 5.01. The van der Waals surface area contributed by atoms with Gasteiger partial charge >= 0.3 is 0 Å². The second kappa shape index (κ2) is 11.9. The summed E-state index contributed by atoms with van der Waals surface area (Å²) >= 11 is 1.36. The van der Waals surface area contributed by atoms with Crippen LogP contribution < -0.4 is 4.90 Å². The van der Waals surface area contributed by atoms with Crippen molar-refractivity contribution in [3.05, 3.63) is 70.2 Å².